The number of aromatic nitrogens is 2. The van der Waals surface area contributed by atoms with Crippen molar-refractivity contribution in [1.29, 1.82) is 0 Å². The number of hydrogen-bond acceptors (Lipinski definition) is 5. The molecule has 2 heterocycles. The fourth-order valence-electron chi connectivity index (χ4n) is 2.21. The normalized spacial score (nSPS) is 10.7. The molecule has 1 amide bonds. The van der Waals surface area contributed by atoms with E-state index in [1.165, 1.54) is 11.3 Å². The molecule has 2 N–H and O–H groups in total. The lowest BCUT2D eigenvalue weighted by atomic mass is 10.2. The Morgan fingerprint density at radius 2 is 2.05 bits per heavy atom. The van der Waals surface area contributed by atoms with E-state index >= 15 is 0 Å². The first-order valence-corrected chi connectivity index (χ1v) is 7.40. The van der Waals surface area contributed by atoms with Crippen LogP contribution >= 0.6 is 11.3 Å². The Balaban J connectivity index is 2.05. The van der Waals surface area contributed by atoms with Gasteiger partial charge < -0.3 is 10.6 Å². The molecule has 0 unspecified atom stereocenters. The zero-order chi connectivity index (χ0) is 14.8. The van der Waals surface area contributed by atoms with E-state index in [1.54, 1.807) is 17.2 Å². The number of benzene rings is 1. The van der Waals surface area contributed by atoms with Gasteiger partial charge in [0.05, 0.1) is 11.9 Å². The van der Waals surface area contributed by atoms with E-state index in [9.17, 15) is 4.79 Å². The minimum Gasteiger partial charge on any atom is -0.397 e. The molecule has 106 valence electrons. The average molecular weight is 298 g/mol. The second-order valence-electron chi connectivity index (χ2n) is 4.48. The maximum Gasteiger partial charge on any atom is 0.270 e. The molecule has 0 bridgehead atoms. The summed E-state index contributed by atoms with van der Waals surface area (Å²) < 4.78 is 0. The fraction of sp³-hybridized carbons (Fsp3) is 0.133. The van der Waals surface area contributed by atoms with Crippen molar-refractivity contribution in [3.05, 3.63) is 47.5 Å². The van der Waals surface area contributed by atoms with E-state index in [0.29, 0.717) is 21.9 Å². The van der Waals surface area contributed by atoms with Crippen LogP contribution in [0.1, 0.15) is 16.6 Å². The smallest absolute Gasteiger partial charge is 0.270 e. The Bertz CT molecular complexity index is 785. The molecule has 0 aliphatic carbocycles. The van der Waals surface area contributed by atoms with Gasteiger partial charge in [-0.2, -0.15) is 5.10 Å². The van der Waals surface area contributed by atoms with Crippen molar-refractivity contribution in [2.24, 2.45) is 0 Å². The van der Waals surface area contributed by atoms with E-state index in [-0.39, 0.29) is 5.91 Å². The summed E-state index contributed by atoms with van der Waals surface area (Å²) in [7, 11) is 0. The second kappa shape index (κ2) is 5.49. The number of hydrogen-bond donors (Lipinski definition) is 1. The highest BCUT2D eigenvalue weighted by Gasteiger charge is 2.22. The molecule has 5 nitrogen and oxygen atoms in total. The third-order valence-corrected chi connectivity index (χ3v) is 4.34. The number of nitrogens with zero attached hydrogens (tertiary/aromatic N) is 3. The van der Waals surface area contributed by atoms with Crippen LogP contribution in [-0.2, 0) is 0 Å². The molecule has 3 aromatic rings. The van der Waals surface area contributed by atoms with Crippen LogP contribution in [-0.4, -0.2) is 22.6 Å². The van der Waals surface area contributed by atoms with Crippen LogP contribution in [0.15, 0.2) is 42.6 Å². The van der Waals surface area contributed by atoms with Crippen LogP contribution in [0.3, 0.4) is 0 Å². The largest absolute Gasteiger partial charge is 0.397 e. The van der Waals surface area contributed by atoms with Gasteiger partial charge in [-0.3, -0.25) is 4.79 Å². The van der Waals surface area contributed by atoms with Crippen molar-refractivity contribution < 1.29 is 4.79 Å². The molecule has 0 saturated carbocycles. The summed E-state index contributed by atoms with van der Waals surface area (Å²) in [6, 6.07) is 11.3. The Labute approximate surface area is 126 Å². The van der Waals surface area contributed by atoms with Crippen LogP contribution in [0.2, 0.25) is 0 Å². The minimum absolute atomic E-state index is 0.107. The van der Waals surface area contributed by atoms with Gasteiger partial charge in [0.2, 0.25) is 0 Å². The standard InChI is InChI=1S/C15H14N4OS/c1-2-19(10-6-4-3-5-7-10)15(20)13-12(16)11-8-9-17-18-14(11)21-13/h3-9H,2,16H2,1H3. The Hall–Kier alpha value is -2.47. The molecule has 0 aliphatic rings. The Morgan fingerprint density at radius 3 is 2.71 bits per heavy atom. The number of carbonyl (C=O) groups is 1. The highest BCUT2D eigenvalue weighted by Crippen LogP contribution is 2.33. The average Bonchev–Trinajstić information content (AvgIpc) is 2.87. The van der Waals surface area contributed by atoms with Crippen molar-refractivity contribution in [2.75, 3.05) is 17.2 Å². The molecule has 0 saturated heterocycles. The summed E-state index contributed by atoms with van der Waals surface area (Å²) in [5.74, 6) is -0.107. The van der Waals surface area contributed by atoms with Crippen LogP contribution in [0.25, 0.3) is 10.2 Å². The van der Waals surface area contributed by atoms with Gasteiger partial charge in [-0.1, -0.05) is 18.2 Å². The zero-order valence-corrected chi connectivity index (χ0v) is 12.3. The summed E-state index contributed by atoms with van der Waals surface area (Å²) in [5.41, 5.74) is 7.44. The number of nitrogens with two attached hydrogens (primary N) is 1. The summed E-state index contributed by atoms with van der Waals surface area (Å²) in [5, 5.41) is 8.63. The molecule has 0 aliphatic heterocycles. The maximum atomic E-state index is 12.8. The number of anilines is 2. The maximum absolute atomic E-state index is 12.8. The first-order chi connectivity index (χ1) is 10.2. The summed E-state index contributed by atoms with van der Waals surface area (Å²) >= 11 is 1.28. The van der Waals surface area contributed by atoms with Gasteiger partial charge in [0.25, 0.3) is 5.91 Å². The molecule has 3 rings (SSSR count). The lowest BCUT2D eigenvalue weighted by molar-refractivity contribution is 0.0993. The van der Waals surface area contributed by atoms with Gasteiger partial charge in [-0.25, -0.2) is 0 Å². The van der Waals surface area contributed by atoms with Gasteiger partial charge in [0, 0.05) is 17.6 Å². The molecule has 0 atom stereocenters. The predicted molar refractivity (Wildman–Crippen MR) is 85.6 cm³/mol. The van der Waals surface area contributed by atoms with Crippen LogP contribution in [0.4, 0.5) is 11.4 Å². The molecular weight excluding hydrogens is 284 g/mol. The summed E-state index contributed by atoms with van der Waals surface area (Å²) in [4.78, 5) is 15.7. The van der Waals surface area contributed by atoms with Crippen molar-refractivity contribution in [3.63, 3.8) is 0 Å². The number of fused-ring (bicyclic) bond motifs is 1. The zero-order valence-electron chi connectivity index (χ0n) is 11.5. The van der Waals surface area contributed by atoms with E-state index < -0.39 is 0 Å². The van der Waals surface area contributed by atoms with E-state index in [0.717, 1.165) is 11.1 Å². The highest BCUT2D eigenvalue weighted by atomic mass is 32.1. The molecule has 6 heteroatoms. The minimum atomic E-state index is -0.107. The third kappa shape index (κ3) is 2.34. The lowest BCUT2D eigenvalue weighted by Crippen LogP contribution is -2.30. The van der Waals surface area contributed by atoms with Gasteiger partial charge in [-0.05, 0) is 25.1 Å². The third-order valence-electron chi connectivity index (χ3n) is 3.24. The second-order valence-corrected chi connectivity index (χ2v) is 5.48. The molecule has 0 spiro atoms. The van der Waals surface area contributed by atoms with Crippen molar-refractivity contribution >= 4 is 38.8 Å². The number of amides is 1. The topological polar surface area (TPSA) is 72.1 Å². The quantitative estimate of drug-likeness (QED) is 0.807. The van der Waals surface area contributed by atoms with Crippen LogP contribution in [0, 0.1) is 0 Å². The fourth-order valence-corrected chi connectivity index (χ4v) is 3.19. The molecule has 0 radical (unpaired) electrons. The van der Waals surface area contributed by atoms with E-state index in [4.69, 9.17) is 5.73 Å². The van der Waals surface area contributed by atoms with Crippen LogP contribution < -0.4 is 10.6 Å². The number of thiophene rings is 1. The molecule has 2 aromatic heterocycles. The number of rotatable bonds is 3. The van der Waals surface area contributed by atoms with Crippen molar-refractivity contribution in [3.8, 4) is 0 Å². The van der Waals surface area contributed by atoms with Gasteiger partial charge in [0.1, 0.15) is 9.71 Å². The van der Waals surface area contributed by atoms with E-state index in [1.807, 2.05) is 37.3 Å². The Morgan fingerprint density at radius 1 is 1.29 bits per heavy atom. The molecule has 21 heavy (non-hydrogen) atoms. The molecule has 1 aromatic carbocycles. The van der Waals surface area contributed by atoms with Gasteiger partial charge >= 0.3 is 0 Å². The first kappa shape index (κ1) is 13.5. The summed E-state index contributed by atoms with van der Waals surface area (Å²) in [6.45, 7) is 2.51. The summed E-state index contributed by atoms with van der Waals surface area (Å²) in [6.07, 6.45) is 1.58. The SMILES string of the molecule is CCN(C(=O)c1sc2nnccc2c1N)c1ccccc1. The molecule has 0 fully saturated rings. The van der Waals surface area contributed by atoms with Gasteiger partial charge in [-0.15, -0.1) is 16.4 Å². The molecular formula is C15H14N4OS. The number of para-hydroxylation sites is 1. The van der Waals surface area contributed by atoms with E-state index in [2.05, 4.69) is 10.2 Å². The van der Waals surface area contributed by atoms with Crippen LogP contribution in [0.5, 0.6) is 0 Å². The monoisotopic (exact) mass is 298 g/mol. The number of carbonyl (C=O) groups excluding carboxylic acids is 1. The van der Waals surface area contributed by atoms with Gasteiger partial charge in [0.15, 0.2) is 0 Å². The van der Waals surface area contributed by atoms with Crippen molar-refractivity contribution in [1.82, 2.24) is 10.2 Å². The highest BCUT2D eigenvalue weighted by molar-refractivity contribution is 7.21. The predicted octanol–water partition coefficient (Wildman–Crippen LogP) is 2.94. The first-order valence-electron chi connectivity index (χ1n) is 6.59. The number of nitrogen functional groups attached to an aromatic ring is 1. The van der Waals surface area contributed by atoms with Crippen molar-refractivity contribution in [2.45, 2.75) is 6.92 Å². The Kier molecular flexibility index (Phi) is 3.53. The lowest BCUT2D eigenvalue weighted by Gasteiger charge is -2.20.